The molecule has 2 aliphatic heterocycles. The first-order chi connectivity index (χ1) is 9.84. The van der Waals surface area contributed by atoms with E-state index in [0.29, 0.717) is 12.0 Å². The van der Waals surface area contributed by atoms with Crippen molar-refractivity contribution in [2.75, 3.05) is 13.1 Å². The van der Waals surface area contributed by atoms with Crippen molar-refractivity contribution in [2.24, 2.45) is 0 Å². The van der Waals surface area contributed by atoms with Crippen LogP contribution in [0.4, 0.5) is 0 Å². The van der Waals surface area contributed by atoms with E-state index in [1.807, 2.05) is 6.07 Å². The van der Waals surface area contributed by atoms with Crippen molar-refractivity contribution in [3.63, 3.8) is 0 Å². The molecule has 20 heavy (non-hydrogen) atoms. The monoisotopic (exact) mass is 283 g/mol. The Morgan fingerprint density at radius 1 is 1.00 bits per heavy atom. The molecule has 0 radical (unpaired) electrons. The maximum atomic E-state index is 6.56. The minimum absolute atomic E-state index is 0.411. The summed E-state index contributed by atoms with van der Waals surface area (Å²) in [5.74, 6) is 0.411. The molecular weight excluding hydrogens is 266 g/mol. The van der Waals surface area contributed by atoms with Crippen molar-refractivity contribution in [3.05, 3.63) is 70.2 Å². The third-order valence-electron chi connectivity index (χ3n) is 4.78. The Hall–Kier alpha value is -1.31. The SMILES string of the molecule is Clc1cccc2c1[C@H](c1ccccc1)CN1CCC[C@H]21. The Morgan fingerprint density at radius 2 is 1.85 bits per heavy atom. The highest BCUT2D eigenvalue weighted by atomic mass is 35.5. The quantitative estimate of drug-likeness (QED) is 0.738. The fraction of sp³-hybridized carbons (Fsp3) is 0.333. The van der Waals surface area contributed by atoms with E-state index in [-0.39, 0.29) is 0 Å². The van der Waals surface area contributed by atoms with E-state index >= 15 is 0 Å². The maximum Gasteiger partial charge on any atom is 0.0448 e. The summed E-state index contributed by atoms with van der Waals surface area (Å²) >= 11 is 6.56. The Kier molecular flexibility index (Phi) is 3.05. The minimum Gasteiger partial charge on any atom is -0.295 e. The average molecular weight is 284 g/mol. The molecule has 102 valence electrons. The predicted octanol–water partition coefficient (Wildman–Crippen LogP) is 4.62. The molecule has 1 nitrogen and oxygen atoms in total. The summed E-state index contributed by atoms with van der Waals surface area (Å²) in [6.07, 6.45) is 2.58. The van der Waals surface area contributed by atoms with E-state index in [4.69, 9.17) is 11.6 Å². The molecule has 0 amide bonds. The Balaban J connectivity index is 1.88. The normalized spacial score (nSPS) is 25.2. The largest absolute Gasteiger partial charge is 0.295 e. The van der Waals surface area contributed by atoms with Crippen LogP contribution in [-0.2, 0) is 0 Å². The number of rotatable bonds is 1. The van der Waals surface area contributed by atoms with Crippen molar-refractivity contribution < 1.29 is 0 Å². The lowest BCUT2D eigenvalue weighted by molar-refractivity contribution is 0.230. The molecule has 0 spiro atoms. The van der Waals surface area contributed by atoms with Crippen LogP contribution in [0.1, 0.15) is 41.5 Å². The van der Waals surface area contributed by atoms with Gasteiger partial charge in [0.15, 0.2) is 0 Å². The number of nitrogens with zero attached hydrogens (tertiary/aromatic N) is 1. The van der Waals surface area contributed by atoms with Crippen molar-refractivity contribution in [1.29, 1.82) is 0 Å². The van der Waals surface area contributed by atoms with E-state index in [0.717, 1.165) is 11.6 Å². The molecule has 2 aromatic carbocycles. The summed E-state index contributed by atoms with van der Waals surface area (Å²) in [6, 6.07) is 17.8. The predicted molar refractivity (Wildman–Crippen MR) is 83.3 cm³/mol. The maximum absolute atomic E-state index is 6.56. The van der Waals surface area contributed by atoms with Crippen molar-refractivity contribution in [2.45, 2.75) is 24.8 Å². The minimum atomic E-state index is 0.411. The average Bonchev–Trinajstić information content (AvgIpc) is 2.96. The third-order valence-corrected chi connectivity index (χ3v) is 5.11. The zero-order chi connectivity index (χ0) is 13.5. The molecule has 0 aromatic heterocycles. The Labute approximate surface area is 125 Å². The summed E-state index contributed by atoms with van der Waals surface area (Å²) in [5, 5.41) is 0.933. The van der Waals surface area contributed by atoms with Crippen LogP contribution >= 0.6 is 11.6 Å². The van der Waals surface area contributed by atoms with Gasteiger partial charge in [0.05, 0.1) is 0 Å². The van der Waals surface area contributed by atoms with Crippen LogP contribution in [0, 0.1) is 0 Å². The highest BCUT2D eigenvalue weighted by Gasteiger charge is 2.37. The van der Waals surface area contributed by atoms with Gasteiger partial charge in [-0.25, -0.2) is 0 Å². The van der Waals surface area contributed by atoms with E-state index in [2.05, 4.69) is 47.4 Å². The molecule has 4 rings (SSSR count). The molecular formula is C18H18ClN. The van der Waals surface area contributed by atoms with Gasteiger partial charge in [0.25, 0.3) is 0 Å². The number of fused-ring (bicyclic) bond motifs is 3. The van der Waals surface area contributed by atoms with Crippen LogP contribution in [0.5, 0.6) is 0 Å². The standard InChI is InChI=1S/C18H18ClN/c19-16-9-4-8-14-17-10-5-11-20(17)12-15(18(14)16)13-6-2-1-3-7-13/h1-4,6-9,15,17H,5,10-12H2/t15-,17+/m0/s1. The molecule has 0 aliphatic carbocycles. The van der Waals surface area contributed by atoms with E-state index < -0.39 is 0 Å². The summed E-state index contributed by atoms with van der Waals surface area (Å²) in [5.41, 5.74) is 4.20. The van der Waals surface area contributed by atoms with Gasteiger partial charge in [-0.2, -0.15) is 0 Å². The first-order valence-electron chi connectivity index (χ1n) is 7.42. The molecule has 1 saturated heterocycles. The first kappa shape index (κ1) is 12.4. The summed E-state index contributed by atoms with van der Waals surface area (Å²) in [7, 11) is 0. The highest BCUT2D eigenvalue weighted by Crippen LogP contribution is 2.46. The smallest absolute Gasteiger partial charge is 0.0448 e. The van der Waals surface area contributed by atoms with E-state index in [1.54, 1.807) is 0 Å². The molecule has 0 saturated carbocycles. The van der Waals surface area contributed by atoms with Crippen LogP contribution in [-0.4, -0.2) is 18.0 Å². The van der Waals surface area contributed by atoms with Crippen LogP contribution in [0.3, 0.4) is 0 Å². The first-order valence-corrected chi connectivity index (χ1v) is 7.79. The summed E-state index contributed by atoms with van der Waals surface area (Å²) < 4.78 is 0. The van der Waals surface area contributed by atoms with Crippen LogP contribution in [0.15, 0.2) is 48.5 Å². The van der Waals surface area contributed by atoms with Gasteiger partial charge in [-0.05, 0) is 42.1 Å². The van der Waals surface area contributed by atoms with Gasteiger partial charge in [0.1, 0.15) is 0 Å². The third kappa shape index (κ3) is 1.88. The van der Waals surface area contributed by atoms with Crippen molar-refractivity contribution in [1.82, 2.24) is 4.90 Å². The number of benzene rings is 2. The molecule has 1 fully saturated rings. The number of hydrogen-bond donors (Lipinski definition) is 0. The zero-order valence-electron chi connectivity index (χ0n) is 11.4. The molecule has 2 heterocycles. The van der Waals surface area contributed by atoms with Gasteiger partial charge in [-0.1, -0.05) is 54.1 Å². The lowest BCUT2D eigenvalue weighted by atomic mass is 9.81. The molecule has 2 aliphatic rings. The summed E-state index contributed by atoms with van der Waals surface area (Å²) in [4.78, 5) is 2.64. The van der Waals surface area contributed by atoms with Crippen molar-refractivity contribution >= 4 is 11.6 Å². The fourth-order valence-corrected chi connectivity index (χ4v) is 4.21. The van der Waals surface area contributed by atoms with Crippen LogP contribution < -0.4 is 0 Å². The van der Waals surface area contributed by atoms with Gasteiger partial charge >= 0.3 is 0 Å². The van der Waals surface area contributed by atoms with Crippen LogP contribution in [0.25, 0.3) is 0 Å². The molecule has 2 heteroatoms. The molecule has 0 unspecified atom stereocenters. The molecule has 0 bridgehead atoms. The van der Waals surface area contributed by atoms with Gasteiger partial charge in [-0.3, -0.25) is 4.90 Å². The lowest BCUT2D eigenvalue weighted by Gasteiger charge is -2.38. The highest BCUT2D eigenvalue weighted by molar-refractivity contribution is 6.31. The summed E-state index contributed by atoms with van der Waals surface area (Å²) in [6.45, 7) is 2.32. The number of hydrogen-bond acceptors (Lipinski definition) is 1. The molecule has 2 atom stereocenters. The van der Waals surface area contributed by atoms with Crippen LogP contribution in [0.2, 0.25) is 5.02 Å². The van der Waals surface area contributed by atoms with Gasteiger partial charge in [0.2, 0.25) is 0 Å². The second-order valence-electron chi connectivity index (χ2n) is 5.86. The van der Waals surface area contributed by atoms with E-state index in [1.165, 1.54) is 36.1 Å². The topological polar surface area (TPSA) is 3.24 Å². The van der Waals surface area contributed by atoms with Gasteiger partial charge in [-0.15, -0.1) is 0 Å². The fourth-order valence-electron chi connectivity index (χ4n) is 3.89. The molecule has 0 N–H and O–H groups in total. The Morgan fingerprint density at radius 3 is 2.70 bits per heavy atom. The van der Waals surface area contributed by atoms with Crippen molar-refractivity contribution in [3.8, 4) is 0 Å². The van der Waals surface area contributed by atoms with E-state index in [9.17, 15) is 0 Å². The lowest BCUT2D eigenvalue weighted by Crippen LogP contribution is -2.34. The zero-order valence-corrected chi connectivity index (χ0v) is 12.2. The Bertz CT molecular complexity index is 623. The second-order valence-corrected chi connectivity index (χ2v) is 6.27. The van der Waals surface area contributed by atoms with Gasteiger partial charge in [0, 0.05) is 23.5 Å². The molecule has 2 aromatic rings. The second kappa shape index (κ2) is 4.91. The number of halogens is 1. The van der Waals surface area contributed by atoms with Gasteiger partial charge < -0.3 is 0 Å².